The van der Waals surface area contributed by atoms with Crippen LogP contribution >= 0.6 is 0 Å². The fourth-order valence-electron chi connectivity index (χ4n) is 2.40. The third-order valence-electron chi connectivity index (χ3n) is 3.09. The van der Waals surface area contributed by atoms with Crippen molar-refractivity contribution in [2.75, 3.05) is 20.8 Å². The van der Waals surface area contributed by atoms with E-state index in [-0.39, 0.29) is 1.43 Å². The summed E-state index contributed by atoms with van der Waals surface area (Å²) in [6, 6.07) is 0.376. The molecule has 1 fully saturated rings. The lowest BCUT2D eigenvalue weighted by atomic mass is 9.87. The van der Waals surface area contributed by atoms with Gasteiger partial charge in [-0.3, -0.25) is 0 Å². The van der Waals surface area contributed by atoms with Crippen molar-refractivity contribution >= 4 is 0 Å². The first-order chi connectivity index (χ1) is 7.31. The number of hydrogen-bond acceptors (Lipinski definition) is 3. The Labute approximate surface area is 93.1 Å². The van der Waals surface area contributed by atoms with Crippen molar-refractivity contribution in [1.29, 1.82) is 0 Å². The van der Waals surface area contributed by atoms with E-state index in [9.17, 15) is 0 Å². The van der Waals surface area contributed by atoms with Gasteiger partial charge in [0.05, 0.1) is 6.61 Å². The number of rotatable bonds is 2. The Balaban J connectivity index is 0.000000711. The number of ether oxygens (including phenoxy) is 1. The minimum Gasteiger partial charge on any atom is -0.400 e. The Morgan fingerprint density at radius 1 is 1.53 bits per heavy atom. The van der Waals surface area contributed by atoms with Crippen LogP contribution in [0.25, 0.3) is 0 Å². The Hall–Kier alpha value is -0.640. The molecule has 88 valence electrons. The standard InChI is InChI=1S/C11H17NO.CH4O.H2/c1-13-7-8-2-4-10-9(6-8)3-5-11(10)12;1-2;/h2,4,6,9-11H,3,5,7,12H2,1H3;2H,1H3;1H/t9?,10?,11-;;/m0../s1. The molecule has 0 aliphatic heterocycles. The van der Waals surface area contributed by atoms with E-state index in [4.69, 9.17) is 15.6 Å². The summed E-state index contributed by atoms with van der Waals surface area (Å²) in [4.78, 5) is 0. The molecule has 0 spiro atoms. The van der Waals surface area contributed by atoms with Gasteiger partial charge >= 0.3 is 0 Å². The van der Waals surface area contributed by atoms with Gasteiger partial charge in [0, 0.05) is 21.7 Å². The molecule has 0 heterocycles. The molecule has 3 N–H and O–H groups in total. The maximum atomic E-state index is 7.00. The largest absolute Gasteiger partial charge is 0.400 e. The zero-order valence-electron chi connectivity index (χ0n) is 9.52. The summed E-state index contributed by atoms with van der Waals surface area (Å²) < 4.78 is 5.11. The fourth-order valence-corrected chi connectivity index (χ4v) is 2.40. The molecule has 3 heteroatoms. The molecule has 0 radical (unpaired) electrons. The zero-order chi connectivity index (χ0) is 11.3. The maximum Gasteiger partial charge on any atom is 0.0710 e. The van der Waals surface area contributed by atoms with E-state index in [1.807, 2.05) is 0 Å². The summed E-state index contributed by atoms with van der Waals surface area (Å²) in [5, 5.41) is 7.00. The molecule has 2 rings (SSSR count). The summed E-state index contributed by atoms with van der Waals surface area (Å²) in [5.41, 5.74) is 7.30. The summed E-state index contributed by atoms with van der Waals surface area (Å²) in [6.45, 7) is 0.731. The van der Waals surface area contributed by atoms with Crippen LogP contribution in [0.15, 0.2) is 23.8 Å². The Morgan fingerprint density at radius 3 is 2.93 bits per heavy atom. The predicted octanol–water partition coefficient (Wildman–Crippen LogP) is 1.34. The lowest BCUT2D eigenvalue weighted by molar-refractivity contribution is 0.226. The van der Waals surface area contributed by atoms with Crippen LogP contribution in [-0.4, -0.2) is 32.0 Å². The van der Waals surface area contributed by atoms with Crippen molar-refractivity contribution in [3.63, 3.8) is 0 Å². The van der Waals surface area contributed by atoms with E-state index < -0.39 is 0 Å². The first-order valence-corrected chi connectivity index (χ1v) is 5.39. The molecular weight excluding hydrogens is 190 g/mol. The molecule has 2 aliphatic rings. The van der Waals surface area contributed by atoms with E-state index >= 15 is 0 Å². The minimum absolute atomic E-state index is 0. The second kappa shape index (κ2) is 6.05. The number of nitrogens with two attached hydrogens (primary N) is 1. The molecule has 0 aromatic rings. The Bertz CT molecular complexity index is 253. The zero-order valence-corrected chi connectivity index (χ0v) is 9.52. The van der Waals surface area contributed by atoms with Gasteiger partial charge in [0.15, 0.2) is 0 Å². The van der Waals surface area contributed by atoms with Gasteiger partial charge < -0.3 is 15.6 Å². The molecular formula is C12H23NO2. The van der Waals surface area contributed by atoms with E-state index in [2.05, 4.69) is 18.2 Å². The molecule has 2 aliphatic carbocycles. The normalized spacial score (nSPS) is 32.8. The van der Waals surface area contributed by atoms with Gasteiger partial charge in [-0.15, -0.1) is 0 Å². The van der Waals surface area contributed by atoms with Crippen LogP contribution in [-0.2, 0) is 4.74 Å². The van der Waals surface area contributed by atoms with Crippen LogP contribution in [0.5, 0.6) is 0 Å². The van der Waals surface area contributed by atoms with Crippen LogP contribution < -0.4 is 5.73 Å². The van der Waals surface area contributed by atoms with Gasteiger partial charge in [0.25, 0.3) is 0 Å². The fraction of sp³-hybridized carbons (Fsp3) is 0.667. The number of allylic oxidation sites excluding steroid dienone is 1. The third-order valence-corrected chi connectivity index (χ3v) is 3.09. The van der Waals surface area contributed by atoms with Crippen molar-refractivity contribution < 1.29 is 11.3 Å². The van der Waals surface area contributed by atoms with Crippen molar-refractivity contribution in [2.45, 2.75) is 18.9 Å². The molecule has 1 saturated carbocycles. The van der Waals surface area contributed by atoms with Crippen LogP contribution in [0.2, 0.25) is 0 Å². The van der Waals surface area contributed by atoms with Crippen LogP contribution in [0.1, 0.15) is 14.3 Å². The first kappa shape index (κ1) is 12.4. The van der Waals surface area contributed by atoms with E-state index in [1.54, 1.807) is 7.11 Å². The lowest BCUT2D eigenvalue weighted by Crippen LogP contribution is -2.26. The average molecular weight is 213 g/mol. The minimum atomic E-state index is 0. The quantitative estimate of drug-likeness (QED) is 0.727. The number of methoxy groups -OCH3 is 1. The predicted molar refractivity (Wildman–Crippen MR) is 63.5 cm³/mol. The van der Waals surface area contributed by atoms with Gasteiger partial charge in [-0.1, -0.05) is 18.2 Å². The first-order valence-electron chi connectivity index (χ1n) is 5.39. The summed E-state index contributed by atoms with van der Waals surface area (Å²) >= 11 is 0. The van der Waals surface area contributed by atoms with Crippen molar-refractivity contribution in [2.24, 2.45) is 17.6 Å². The highest BCUT2D eigenvalue weighted by atomic mass is 16.5. The summed E-state index contributed by atoms with van der Waals surface area (Å²) in [5.74, 6) is 1.26. The van der Waals surface area contributed by atoms with Crippen molar-refractivity contribution in [1.82, 2.24) is 0 Å². The molecule has 0 bridgehead atoms. The lowest BCUT2D eigenvalue weighted by Gasteiger charge is -2.21. The third kappa shape index (κ3) is 2.91. The van der Waals surface area contributed by atoms with Crippen LogP contribution in [0.3, 0.4) is 0 Å². The van der Waals surface area contributed by atoms with Crippen LogP contribution in [0.4, 0.5) is 0 Å². The molecule has 15 heavy (non-hydrogen) atoms. The molecule has 3 nitrogen and oxygen atoms in total. The average Bonchev–Trinajstić information content (AvgIpc) is 2.64. The summed E-state index contributed by atoms with van der Waals surface area (Å²) in [6.07, 6.45) is 9.16. The van der Waals surface area contributed by atoms with Gasteiger partial charge in [-0.25, -0.2) is 0 Å². The molecule has 0 amide bonds. The van der Waals surface area contributed by atoms with Crippen molar-refractivity contribution in [3.05, 3.63) is 23.8 Å². The van der Waals surface area contributed by atoms with E-state index in [0.29, 0.717) is 17.9 Å². The molecule has 3 atom stereocenters. The summed E-state index contributed by atoms with van der Waals surface area (Å²) in [7, 11) is 2.74. The molecule has 0 aromatic heterocycles. The number of aliphatic hydroxyl groups is 1. The smallest absolute Gasteiger partial charge is 0.0710 e. The van der Waals surface area contributed by atoms with Crippen molar-refractivity contribution in [3.8, 4) is 0 Å². The highest BCUT2D eigenvalue weighted by Crippen LogP contribution is 2.36. The van der Waals surface area contributed by atoms with E-state index in [0.717, 1.165) is 20.1 Å². The highest BCUT2D eigenvalue weighted by molar-refractivity contribution is 5.28. The second-order valence-corrected chi connectivity index (χ2v) is 4.02. The highest BCUT2D eigenvalue weighted by Gasteiger charge is 2.32. The van der Waals surface area contributed by atoms with Gasteiger partial charge in [0.1, 0.15) is 0 Å². The monoisotopic (exact) mass is 213 g/mol. The SMILES string of the molecule is CO.COCC1=CC2CC[C@H](N)C2C=C1.[HH]. The number of fused-ring (bicyclic) bond motifs is 1. The maximum absolute atomic E-state index is 7.00. The van der Waals surface area contributed by atoms with Gasteiger partial charge in [0.2, 0.25) is 0 Å². The van der Waals surface area contributed by atoms with E-state index in [1.165, 1.54) is 12.0 Å². The van der Waals surface area contributed by atoms with Gasteiger partial charge in [-0.05, 0) is 30.3 Å². The number of aliphatic hydroxyl groups excluding tert-OH is 1. The Kier molecular flexibility index (Phi) is 5.02. The molecule has 2 unspecified atom stereocenters. The topological polar surface area (TPSA) is 55.5 Å². The van der Waals surface area contributed by atoms with Gasteiger partial charge in [-0.2, -0.15) is 0 Å². The second-order valence-electron chi connectivity index (χ2n) is 4.02. The molecule has 0 saturated heterocycles. The Morgan fingerprint density at radius 2 is 2.27 bits per heavy atom. The van der Waals surface area contributed by atoms with Crippen LogP contribution in [0, 0.1) is 11.8 Å². The number of hydrogen-bond donors (Lipinski definition) is 2. The molecule has 0 aromatic carbocycles.